The van der Waals surface area contributed by atoms with E-state index >= 15 is 0 Å². The summed E-state index contributed by atoms with van der Waals surface area (Å²) in [5.41, 5.74) is 1.09. The summed E-state index contributed by atoms with van der Waals surface area (Å²) in [7, 11) is 1.28. The molecule has 1 spiro atoms. The Balaban J connectivity index is 1.78. The van der Waals surface area contributed by atoms with Gasteiger partial charge in [-0.15, -0.1) is 11.8 Å². The molecule has 2 amide bonds. The zero-order valence-corrected chi connectivity index (χ0v) is 20.0. The van der Waals surface area contributed by atoms with Crippen LogP contribution in [0.1, 0.15) is 37.9 Å². The number of hydrogen-bond donors (Lipinski definition) is 0. The number of nitrogens with zero attached hydrogens (tertiary/aromatic N) is 2. The third kappa shape index (κ3) is 4.08. The predicted octanol–water partition coefficient (Wildman–Crippen LogP) is 3.99. The fraction of sp³-hybridized carbons (Fsp3) is 0.400. The maximum absolute atomic E-state index is 13.8. The van der Waals surface area contributed by atoms with Gasteiger partial charge in [0.1, 0.15) is 11.6 Å². The third-order valence-corrected chi connectivity index (χ3v) is 7.27. The fourth-order valence-corrected chi connectivity index (χ4v) is 6.11. The van der Waals surface area contributed by atoms with Gasteiger partial charge < -0.3 is 14.4 Å². The molecule has 2 heterocycles. The summed E-state index contributed by atoms with van der Waals surface area (Å²) in [6.07, 6.45) is -0.698. The number of likely N-dealkylation sites (tertiary alicyclic amines) is 1. The standard InChI is InChI=1S/C25H28N2O5S/c1-24(2,3)32-23(30)27-19(21(28)31-4)16-33-25(27)20(18-13-9-6-10-14-18)26(22(25)29)15-17-11-7-5-8-12-17/h5-14,19-20H,15-16H2,1-4H3/t19-,20-,25-/m0/s1. The number of amides is 2. The van der Waals surface area contributed by atoms with E-state index in [1.807, 2.05) is 60.7 Å². The highest BCUT2D eigenvalue weighted by Crippen LogP contribution is 2.59. The van der Waals surface area contributed by atoms with Crippen LogP contribution in [0.5, 0.6) is 0 Å². The Morgan fingerprint density at radius 3 is 2.24 bits per heavy atom. The fourth-order valence-electron chi connectivity index (χ4n) is 4.41. The Labute approximate surface area is 198 Å². The second-order valence-corrected chi connectivity index (χ2v) is 10.4. The van der Waals surface area contributed by atoms with Crippen LogP contribution in [-0.4, -0.2) is 57.1 Å². The van der Waals surface area contributed by atoms with Gasteiger partial charge in [-0.3, -0.25) is 9.69 Å². The van der Waals surface area contributed by atoms with E-state index in [4.69, 9.17) is 9.47 Å². The van der Waals surface area contributed by atoms with Crippen molar-refractivity contribution in [2.24, 2.45) is 0 Å². The molecule has 0 unspecified atom stereocenters. The Bertz CT molecular complexity index is 1040. The van der Waals surface area contributed by atoms with Crippen LogP contribution in [0, 0.1) is 0 Å². The maximum Gasteiger partial charge on any atom is 0.412 e. The molecule has 2 saturated heterocycles. The van der Waals surface area contributed by atoms with Gasteiger partial charge in [0, 0.05) is 12.3 Å². The van der Waals surface area contributed by atoms with E-state index in [0.29, 0.717) is 6.54 Å². The van der Waals surface area contributed by atoms with Crippen molar-refractivity contribution in [1.82, 2.24) is 9.80 Å². The first-order chi connectivity index (χ1) is 15.7. The summed E-state index contributed by atoms with van der Waals surface area (Å²) in [5.74, 6) is -0.533. The van der Waals surface area contributed by atoms with E-state index in [1.165, 1.54) is 23.8 Å². The van der Waals surface area contributed by atoms with E-state index in [9.17, 15) is 14.4 Å². The molecule has 2 aliphatic rings. The van der Waals surface area contributed by atoms with E-state index in [1.54, 1.807) is 25.7 Å². The van der Waals surface area contributed by atoms with Crippen molar-refractivity contribution in [1.29, 1.82) is 0 Å². The van der Waals surface area contributed by atoms with Crippen LogP contribution in [-0.2, 0) is 25.6 Å². The molecule has 0 aliphatic carbocycles. The van der Waals surface area contributed by atoms with Gasteiger partial charge in [0.15, 0.2) is 4.87 Å². The number of hydrogen-bond acceptors (Lipinski definition) is 6. The summed E-state index contributed by atoms with van der Waals surface area (Å²) in [4.78, 5) is 41.6. The van der Waals surface area contributed by atoms with Gasteiger partial charge >= 0.3 is 12.1 Å². The van der Waals surface area contributed by atoms with Crippen LogP contribution < -0.4 is 0 Å². The molecule has 0 aromatic heterocycles. The topological polar surface area (TPSA) is 76.2 Å². The second-order valence-electron chi connectivity index (χ2n) is 9.13. The molecule has 174 valence electrons. The van der Waals surface area contributed by atoms with Crippen molar-refractivity contribution in [3.05, 3.63) is 71.8 Å². The van der Waals surface area contributed by atoms with Gasteiger partial charge in [-0.2, -0.15) is 0 Å². The first kappa shape index (κ1) is 23.2. The molecular weight excluding hydrogens is 440 g/mol. The Kier molecular flexibility index (Phi) is 6.14. The van der Waals surface area contributed by atoms with Crippen molar-refractivity contribution in [2.45, 2.75) is 49.9 Å². The average Bonchev–Trinajstić information content (AvgIpc) is 3.21. The zero-order chi connectivity index (χ0) is 23.8. The van der Waals surface area contributed by atoms with Crippen molar-refractivity contribution in [3.63, 3.8) is 0 Å². The summed E-state index contributed by atoms with van der Waals surface area (Å²) >= 11 is 1.30. The third-order valence-electron chi connectivity index (χ3n) is 5.75. The molecule has 3 atom stereocenters. The number of thioether (sulfide) groups is 1. The Morgan fingerprint density at radius 2 is 1.67 bits per heavy atom. The number of methoxy groups -OCH3 is 1. The van der Waals surface area contributed by atoms with E-state index in [-0.39, 0.29) is 11.7 Å². The minimum Gasteiger partial charge on any atom is -0.467 e. The summed E-state index contributed by atoms with van der Waals surface area (Å²) in [5, 5.41) is 0. The smallest absolute Gasteiger partial charge is 0.412 e. The van der Waals surface area contributed by atoms with E-state index in [0.717, 1.165) is 11.1 Å². The highest BCUT2D eigenvalue weighted by molar-refractivity contribution is 8.01. The molecule has 7 nitrogen and oxygen atoms in total. The monoisotopic (exact) mass is 468 g/mol. The normalized spacial score (nSPS) is 24.5. The zero-order valence-electron chi connectivity index (χ0n) is 19.2. The number of rotatable bonds is 4. The molecule has 2 aromatic carbocycles. The minimum absolute atomic E-state index is 0.220. The highest BCUT2D eigenvalue weighted by Gasteiger charge is 2.71. The van der Waals surface area contributed by atoms with Gasteiger partial charge in [0.25, 0.3) is 5.91 Å². The lowest BCUT2D eigenvalue weighted by molar-refractivity contribution is -0.169. The number of esters is 1. The Hall–Kier alpha value is -3.00. The van der Waals surface area contributed by atoms with Gasteiger partial charge in [0.05, 0.1) is 13.2 Å². The predicted molar refractivity (Wildman–Crippen MR) is 125 cm³/mol. The largest absolute Gasteiger partial charge is 0.467 e. The van der Waals surface area contributed by atoms with Crippen LogP contribution in [0.15, 0.2) is 60.7 Å². The minimum atomic E-state index is -1.28. The number of carbonyl (C=O) groups excluding carboxylic acids is 3. The molecule has 4 rings (SSSR count). The number of ether oxygens (including phenoxy) is 2. The van der Waals surface area contributed by atoms with Gasteiger partial charge in [0.2, 0.25) is 0 Å². The van der Waals surface area contributed by atoms with Gasteiger partial charge in [-0.25, -0.2) is 9.59 Å². The van der Waals surface area contributed by atoms with Crippen molar-refractivity contribution in [2.75, 3.05) is 12.9 Å². The molecule has 0 bridgehead atoms. The number of benzene rings is 2. The van der Waals surface area contributed by atoms with Crippen LogP contribution in [0.2, 0.25) is 0 Å². The number of β-lactam (4-membered cyclic amide) rings is 1. The molecule has 0 radical (unpaired) electrons. The SMILES string of the molecule is COC(=O)[C@@H]1CS[C@@]2(C(=O)N(Cc3ccccc3)[C@H]2c2ccccc2)N1C(=O)OC(C)(C)C. The average molecular weight is 469 g/mol. The van der Waals surface area contributed by atoms with E-state index < -0.39 is 34.6 Å². The van der Waals surface area contributed by atoms with E-state index in [2.05, 4.69) is 0 Å². The lowest BCUT2D eigenvalue weighted by Crippen LogP contribution is -2.74. The van der Waals surface area contributed by atoms with Crippen LogP contribution in [0.3, 0.4) is 0 Å². The lowest BCUT2D eigenvalue weighted by atomic mass is 9.85. The first-order valence-electron chi connectivity index (χ1n) is 10.8. The van der Waals surface area contributed by atoms with Crippen molar-refractivity contribution < 1.29 is 23.9 Å². The summed E-state index contributed by atoms with van der Waals surface area (Å²) in [6, 6.07) is 17.9. The van der Waals surface area contributed by atoms with Crippen molar-refractivity contribution in [3.8, 4) is 0 Å². The Morgan fingerprint density at radius 1 is 1.06 bits per heavy atom. The van der Waals surface area contributed by atoms with Crippen LogP contribution in [0.4, 0.5) is 4.79 Å². The van der Waals surface area contributed by atoms with Crippen LogP contribution >= 0.6 is 11.8 Å². The molecule has 33 heavy (non-hydrogen) atoms. The molecule has 8 heteroatoms. The number of carbonyl (C=O) groups is 3. The van der Waals surface area contributed by atoms with Crippen LogP contribution in [0.25, 0.3) is 0 Å². The second kappa shape index (κ2) is 8.74. The quantitative estimate of drug-likeness (QED) is 0.499. The van der Waals surface area contributed by atoms with Gasteiger partial charge in [-0.1, -0.05) is 60.7 Å². The molecular formula is C25H28N2O5S. The lowest BCUT2D eigenvalue weighted by Gasteiger charge is -2.57. The molecule has 0 N–H and O–H groups in total. The molecule has 0 saturated carbocycles. The maximum atomic E-state index is 13.8. The summed E-state index contributed by atoms with van der Waals surface area (Å²) in [6.45, 7) is 5.67. The first-order valence-corrected chi connectivity index (χ1v) is 11.8. The highest BCUT2D eigenvalue weighted by atomic mass is 32.2. The van der Waals surface area contributed by atoms with Crippen molar-refractivity contribution >= 4 is 29.7 Å². The molecule has 2 aromatic rings. The molecule has 2 fully saturated rings. The molecule has 2 aliphatic heterocycles. The van der Waals surface area contributed by atoms with Gasteiger partial charge in [-0.05, 0) is 31.9 Å². The summed E-state index contributed by atoms with van der Waals surface area (Å²) < 4.78 is 10.6.